The Morgan fingerprint density at radius 1 is 1.40 bits per heavy atom. The van der Waals surface area contributed by atoms with Gasteiger partial charge in [-0.25, -0.2) is 4.98 Å². The topological polar surface area (TPSA) is 66.1 Å². The fraction of sp³-hybridized carbons (Fsp3) is 0.333. The Labute approximate surface area is 150 Å². The van der Waals surface area contributed by atoms with Crippen LogP contribution >= 0.6 is 11.3 Å². The minimum Gasteiger partial charge on any atom is -0.497 e. The van der Waals surface area contributed by atoms with Crippen molar-refractivity contribution in [3.05, 3.63) is 46.6 Å². The average Bonchev–Trinajstić information content (AvgIpc) is 3.28. The fourth-order valence-corrected chi connectivity index (χ4v) is 3.88. The Morgan fingerprint density at radius 2 is 2.32 bits per heavy atom. The van der Waals surface area contributed by atoms with Gasteiger partial charge in [0, 0.05) is 55.3 Å². The number of aromatic nitrogens is 3. The Hall–Kier alpha value is -2.38. The summed E-state index contributed by atoms with van der Waals surface area (Å²) < 4.78 is 5.35. The third-order valence-corrected chi connectivity index (χ3v) is 5.42. The van der Waals surface area contributed by atoms with Crippen LogP contribution in [0.15, 0.2) is 29.6 Å². The first-order chi connectivity index (χ1) is 12.3. The number of fused-ring (bicyclic) bond motifs is 1. The SMILES string of the molecule is CNc1nc(CN2CCc3[nH]nc(-c4cccc(OC)c4)c3C2)cs1. The Morgan fingerprint density at radius 3 is 3.12 bits per heavy atom. The molecule has 0 aliphatic carbocycles. The van der Waals surface area contributed by atoms with E-state index in [1.807, 2.05) is 25.2 Å². The molecule has 3 heterocycles. The van der Waals surface area contributed by atoms with Gasteiger partial charge in [0.2, 0.25) is 0 Å². The number of anilines is 1. The van der Waals surface area contributed by atoms with Crippen molar-refractivity contribution in [1.82, 2.24) is 20.1 Å². The van der Waals surface area contributed by atoms with E-state index in [1.165, 1.54) is 11.3 Å². The van der Waals surface area contributed by atoms with Crippen molar-refractivity contribution in [2.45, 2.75) is 19.5 Å². The predicted molar refractivity (Wildman–Crippen MR) is 100 cm³/mol. The van der Waals surface area contributed by atoms with E-state index in [1.54, 1.807) is 18.4 Å². The van der Waals surface area contributed by atoms with Gasteiger partial charge in [-0.3, -0.25) is 10.00 Å². The molecule has 0 unspecified atom stereocenters. The van der Waals surface area contributed by atoms with Crippen LogP contribution in [0.3, 0.4) is 0 Å². The third-order valence-electron chi connectivity index (χ3n) is 4.51. The highest BCUT2D eigenvalue weighted by Gasteiger charge is 2.23. The van der Waals surface area contributed by atoms with Crippen molar-refractivity contribution >= 4 is 16.5 Å². The summed E-state index contributed by atoms with van der Waals surface area (Å²) >= 11 is 1.65. The van der Waals surface area contributed by atoms with E-state index in [0.29, 0.717) is 0 Å². The summed E-state index contributed by atoms with van der Waals surface area (Å²) in [5, 5.41) is 14.0. The summed E-state index contributed by atoms with van der Waals surface area (Å²) in [5.41, 5.74) is 5.74. The van der Waals surface area contributed by atoms with Gasteiger partial charge >= 0.3 is 0 Å². The maximum atomic E-state index is 5.35. The van der Waals surface area contributed by atoms with Gasteiger partial charge < -0.3 is 10.1 Å². The van der Waals surface area contributed by atoms with Crippen LogP contribution in [0.1, 0.15) is 17.0 Å². The number of hydrogen-bond donors (Lipinski definition) is 2. The Bertz CT molecular complexity index is 872. The molecule has 4 rings (SSSR count). The lowest BCUT2D eigenvalue weighted by Crippen LogP contribution is -2.30. The number of H-pyrrole nitrogens is 1. The second-order valence-corrected chi connectivity index (χ2v) is 6.97. The van der Waals surface area contributed by atoms with Crippen LogP contribution in [-0.4, -0.2) is 40.8 Å². The molecule has 3 aromatic rings. The summed E-state index contributed by atoms with van der Waals surface area (Å²) in [5.74, 6) is 0.851. The zero-order valence-electron chi connectivity index (χ0n) is 14.4. The van der Waals surface area contributed by atoms with E-state index in [2.05, 4.69) is 36.8 Å². The van der Waals surface area contributed by atoms with E-state index in [4.69, 9.17) is 4.74 Å². The van der Waals surface area contributed by atoms with Gasteiger partial charge in [-0.05, 0) is 12.1 Å². The summed E-state index contributed by atoms with van der Waals surface area (Å²) in [6.07, 6.45) is 0.981. The molecule has 25 heavy (non-hydrogen) atoms. The molecule has 2 N–H and O–H groups in total. The van der Waals surface area contributed by atoms with Gasteiger partial charge in [-0.15, -0.1) is 11.3 Å². The number of nitrogens with zero attached hydrogens (tertiary/aromatic N) is 3. The largest absolute Gasteiger partial charge is 0.497 e. The van der Waals surface area contributed by atoms with Crippen LogP contribution in [0.25, 0.3) is 11.3 Å². The lowest BCUT2D eigenvalue weighted by molar-refractivity contribution is 0.243. The number of hydrogen-bond acceptors (Lipinski definition) is 6. The van der Waals surface area contributed by atoms with Gasteiger partial charge in [0.15, 0.2) is 5.13 Å². The van der Waals surface area contributed by atoms with Crippen molar-refractivity contribution in [1.29, 1.82) is 0 Å². The summed E-state index contributed by atoms with van der Waals surface area (Å²) in [7, 11) is 3.59. The van der Waals surface area contributed by atoms with E-state index >= 15 is 0 Å². The molecular formula is C18H21N5OS. The highest BCUT2D eigenvalue weighted by Crippen LogP contribution is 2.31. The molecule has 1 aliphatic rings. The number of ether oxygens (including phenoxy) is 1. The second-order valence-electron chi connectivity index (χ2n) is 6.12. The third kappa shape index (κ3) is 3.25. The number of aromatic amines is 1. The van der Waals surface area contributed by atoms with E-state index in [9.17, 15) is 0 Å². The Kier molecular flexibility index (Phi) is 4.42. The van der Waals surface area contributed by atoms with Crippen molar-refractivity contribution in [3.8, 4) is 17.0 Å². The zero-order valence-corrected chi connectivity index (χ0v) is 15.2. The zero-order chi connectivity index (χ0) is 17.2. The monoisotopic (exact) mass is 355 g/mol. The molecule has 0 amide bonds. The van der Waals surface area contributed by atoms with Gasteiger partial charge in [0.1, 0.15) is 5.75 Å². The summed E-state index contributed by atoms with van der Waals surface area (Å²) in [6, 6.07) is 8.08. The minimum absolute atomic E-state index is 0.851. The fourth-order valence-electron chi connectivity index (χ4n) is 3.22. The van der Waals surface area contributed by atoms with Gasteiger partial charge in [-0.2, -0.15) is 5.10 Å². The first-order valence-corrected chi connectivity index (χ1v) is 9.20. The molecule has 2 aromatic heterocycles. The maximum Gasteiger partial charge on any atom is 0.182 e. The molecular weight excluding hydrogens is 334 g/mol. The van der Waals surface area contributed by atoms with E-state index < -0.39 is 0 Å². The van der Waals surface area contributed by atoms with E-state index in [-0.39, 0.29) is 0 Å². The van der Waals surface area contributed by atoms with Crippen LogP contribution < -0.4 is 10.1 Å². The average molecular weight is 355 g/mol. The highest BCUT2D eigenvalue weighted by atomic mass is 32.1. The molecule has 0 radical (unpaired) electrons. The standard InChI is InChI=1S/C18H21N5OS/c1-19-18-20-13(11-25-18)9-23-7-6-16-15(10-23)17(22-21-16)12-4-3-5-14(8-12)24-2/h3-5,8,11H,6-7,9-10H2,1-2H3,(H,19,20)(H,21,22). The van der Waals surface area contributed by atoms with Crippen LogP contribution in [0.4, 0.5) is 5.13 Å². The van der Waals surface area contributed by atoms with Crippen LogP contribution in [0.5, 0.6) is 5.75 Å². The van der Waals surface area contributed by atoms with Crippen molar-refractivity contribution < 1.29 is 4.74 Å². The highest BCUT2D eigenvalue weighted by molar-refractivity contribution is 7.13. The molecule has 0 bridgehead atoms. The number of thiazole rings is 1. The molecule has 130 valence electrons. The normalized spacial score (nSPS) is 14.3. The predicted octanol–water partition coefficient (Wildman–Crippen LogP) is 3.14. The first-order valence-electron chi connectivity index (χ1n) is 8.32. The summed E-state index contributed by atoms with van der Waals surface area (Å²) in [4.78, 5) is 7.02. The molecule has 0 saturated heterocycles. The quantitative estimate of drug-likeness (QED) is 0.736. The number of methoxy groups -OCH3 is 1. The molecule has 0 saturated carbocycles. The van der Waals surface area contributed by atoms with Crippen molar-refractivity contribution in [3.63, 3.8) is 0 Å². The Balaban J connectivity index is 1.56. The number of rotatable bonds is 5. The van der Waals surface area contributed by atoms with Gasteiger partial charge in [0.05, 0.1) is 18.5 Å². The molecule has 1 aromatic carbocycles. The molecule has 0 spiro atoms. The molecule has 1 aliphatic heterocycles. The summed E-state index contributed by atoms with van der Waals surface area (Å²) in [6.45, 7) is 2.75. The van der Waals surface area contributed by atoms with Crippen LogP contribution in [0, 0.1) is 0 Å². The van der Waals surface area contributed by atoms with Crippen molar-refractivity contribution in [2.24, 2.45) is 0 Å². The molecule has 7 heteroatoms. The molecule has 0 fully saturated rings. The molecule has 6 nitrogen and oxygen atoms in total. The smallest absolute Gasteiger partial charge is 0.182 e. The van der Waals surface area contributed by atoms with Gasteiger partial charge in [-0.1, -0.05) is 12.1 Å². The van der Waals surface area contributed by atoms with E-state index in [0.717, 1.165) is 53.9 Å². The van der Waals surface area contributed by atoms with Crippen LogP contribution in [0.2, 0.25) is 0 Å². The number of benzene rings is 1. The van der Waals surface area contributed by atoms with Crippen molar-refractivity contribution in [2.75, 3.05) is 26.0 Å². The van der Waals surface area contributed by atoms with Crippen LogP contribution in [-0.2, 0) is 19.5 Å². The van der Waals surface area contributed by atoms with Gasteiger partial charge in [0.25, 0.3) is 0 Å². The minimum atomic E-state index is 0.851. The first kappa shape index (κ1) is 16.1. The maximum absolute atomic E-state index is 5.35. The lowest BCUT2D eigenvalue weighted by Gasteiger charge is -2.26. The lowest BCUT2D eigenvalue weighted by atomic mass is 10.0. The second kappa shape index (κ2) is 6.85. The molecule has 0 atom stereocenters. The number of nitrogens with one attached hydrogen (secondary N) is 2.